The third-order valence-corrected chi connectivity index (χ3v) is 3.05. The molecular formula is C15H11N3O2. The van der Waals surface area contributed by atoms with Gasteiger partial charge in [0.1, 0.15) is 5.52 Å². The zero-order valence-electron chi connectivity index (χ0n) is 10.8. The molecule has 0 atom stereocenters. The van der Waals surface area contributed by atoms with Gasteiger partial charge in [-0.1, -0.05) is 24.3 Å². The van der Waals surface area contributed by atoms with Gasteiger partial charge >= 0.3 is 0 Å². The molecule has 0 bridgehead atoms. The molecule has 0 fully saturated rings. The highest BCUT2D eigenvalue weighted by Crippen LogP contribution is 2.26. The lowest BCUT2D eigenvalue weighted by Crippen LogP contribution is -1.94. The molecule has 3 aromatic rings. The molecule has 2 heterocycles. The predicted octanol–water partition coefficient (Wildman–Crippen LogP) is 3.51. The van der Waals surface area contributed by atoms with E-state index in [1.807, 2.05) is 43.3 Å². The molecule has 0 N–H and O–H groups in total. The molecule has 20 heavy (non-hydrogen) atoms. The fourth-order valence-corrected chi connectivity index (χ4v) is 2.11. The highest BCUT2D eigenvalue weighted by molar-refractivity contribution is 5.88. The second-order valence-electron chi connectivity index (χ2n) is 4.47. The van der Waals surface area contributed by atoms with Crippen LogP contribution in [0.3, 0.4) is 0 Å². The van der Waals surface area contributed by atoms with Gasteiger partial charge in [-0.25, -0.2) is 4.98 Å². The Labute approximate surface area is 115 Å². The summed E-state index contributed by atoms with van der Waals surface area (Å²) in [5, 5.41) is 11.8. The molecular weight excluding hydrogens is 254 g/mol. The molecule has 0 saturated carbocycles. The Morgan fingerprint density at radius 1 is 0.950 bits per heavy atom. The maximum Gasteiger partial charge on any atom is 0.295 e. The normalized spacial score (nSPS) is 10.7. The Balaban J connectivity index is 2.24. The molecule has 1 aromatic carbocycles. The van der Waals surface area contributed by atoms with E-state index in [0.29, 0.717) is 16.9 Å². The van der Waals surface area contributed by atoms with E-state index in [1.165, 1.54) is 6.07 Å². The van der Waals surface area contributed by atoms with Gasteiger partial charge in [-0.3, -0.25) is 15.1 Å². The average molecular weight is 265 g/mol. The van der Waals surface area contributed by atoms with E-state index >= 15 is 0 Å². The van der Waals surface area contributed by atoms with Crippen molar-refractivity contribution in [1.29, 1.82) is 0 Å². The zero-order valence-corrected chi connectivity index (χ0v) is 10.8. The number of pyridine rings is 2. The summed E-state index contributed by atoms with van der Waals surface area (Å²) in [6.07, 6.45) is 0. The third-order valence-electron chi connectivity index (χ3n) is 3.05. The topological polar surface area (TPSA) is 68.9 Å². The maximum absolute atomic E-state index is 11.1. The number of nitrogens with zero attached hydrogens (tertiary/aromatic N) is 3. The first-order chi connectivity index (χ1) is 9.65. The highest BCUT2D eigenvalue weighted by Gasteiger charge is 2.13. The lowest BCUT2D eigenvalue weighted by Gasteiger charge is -2.04. The molecule has 0 radical (unpaired) electrons. The summed E-state index contributed by atoms with van der Waals surface area (Å²) in [6, 6.07) is 14.2. The Hall–Kier alpha value is -2.82. The van der Waals surface area contributed by atoms with Gasteiger partial charge in [-0.05, 0) is 25.1 Å². The van der Waals surface area contributed by atoms with Crippen LogP contribution in [-0.2, 0) is 0 Å². The van der Waals surface area contributed by atoms with Crippen molar-refractivity contribution in [2.24, 2.45) is 0 Å². The summed E-state index contributed by atoms with van der Waals surface area (Å²) in [5.74, 6) is 0. The lowest BCUT2D eigenvalue weighted by atomic mass is 10.1. The molecule has 5 heteroatoms. The Bertz CT molecular complexity index is 815. The van der Waals surface area contributed by atoms with E-state index in [0.717, 1.165) is 11.1 Å². The Kier molecular flexibility index (Phi) is 2.87. The number of hydrogen-bond donors (Lipinski definition) is 0. The standard InChI is InChI=1S/C15H11N3O2/c1-10-4-2-6-12(16-10)13-9-8-11-5-3-7-14(18(19)20)15(11)17-13/h2-9H,1H3. The Morgan fingerprint density at radius 3 is 2.45 bits per heavy atom. The van der Waals surface area contributed by atoms with Crippen LogP contribution in [0.1, 0.15) is 5.69 Å². The monoisotopic (exact) mass is 265 g/mol. The fraction of sp³-hybridized carbons (Fsp3) is 0.0667. The van der Waals surface area contributed by atoms with E-state index in [1.54, 1.807) is 6.07 Å². The van der Waals surface area contributed by atoms with E-state index in [9.17, 15) is 10.1 Å². The van der Waals surface area contributed by atoms with Gasteiger partial charge in [0.2, 0.25) is 0 Å². The minimum absolute atomic E-state index is 0.0111. The van der Waals surface area contributed by atoms with Gasteiger partial charge in [-0.2, -0.15) is 0 Å². The van der Waals surface area contributed by atoms with Crippen LogP contribution in [0.5, 0.6) is 0 Å². The van der Waals surface area contributed by atoms with Crippen LogP contribution in [0.15, 0.2) is 48.5 Å². The summed E-state index contributed by atoms with van der Waals surface area (Å²) in [6.45, 7) is 1.90. The summed E-state index contributed by atoms with van der Waals surface area (Å²) >= 11 is 0. The number of nitro groups is 1. The van der Waals surface area contributed by atoms with E-state index in [-0.39, 0.29) is 5.69 Å². The number of para-hydroxylation sites is 1. The van der Waals surface area contributed by atoms with Crippen molar-refractivity contribution in [3.63, 3.8) is 0 Å². The zero-order chi connectivity index (χ0) is 14.1. The quantitative estimate of drug-likeness (QED) is 0.525. The molecule has 2 aromatic heterocycles. The van der Waals surface area contributed by atoms with Crippen LogP contribution in [0.25, 0.3) is 22.3 Å². The summed E-state index contributed by atoms with van der Waals surface area (Å²) in [5.41, 5.74) is 2.63. The van der Waals surface area contributed by atoms with Gasteiger partial charge in [0.05, 0.1) is 16.3 Å². The molecule has 0 amide bonds. The lowest BCUT2D eigenvalue weighted by molar-refractivity contribution is -0.383. The van der Waals surface area contributed by atoms with Gasteiger partial charge in [0, 0.05) is 17.1 Å². The third kappa shape index (κ3) is 2.09. The summed E-state index contributed by atoms with van der Waals surface area (Å²) in [4.78, 5) is 19.4. The molecule has 0 unspecified atom stereocenters. The van der Waals surface area contributed by atoms with Crippen molar-refractivity contribution in [2.75, 3.05) is 0 Å². The molecule has 0 aliphatic carbocycles. The van der Waals surface area contributed by atoms with Gasteiger partial charge < -0.3 is 0 Å². The first kappa shape index (κ1) is 12.2. The smallest absolute Gasteiger partial charge is 0.258 e. The summed E-state index contributed by atoms with van der Waals surface area (Å²) < 4.78 is 0. The minimum atomic E-state index is -0.414. The second kappa shape index (κ2) is 4.70. The molecule has 98 valence electrons. The second-order valence-corrected chi connectivity index (χ2v) is 4.47. The predicted molar refractivity (Wildman–Crippen MR) is 76.4 cm³/mol. The van der Waals surface area contributed by atoms with E-state index in [2.05, 4.69) is 9.97 Å². The van der Waals surface area contributed by atoms with Gasteiger partial charge in [0.15, 0.2) is 0 Å². The van der Waals surface area contributed by atoms with Crippen molar-refractivity contribution in [3.8, 4) is 11.4 Å². The van der Waals surface area contributed by atoms with E-state index in [4.69, 9.17) is 0 Å². The number of aromatic nitrogens is 2. The van der Waals surface area contributed by atoms with Crippen molar-refractivity contribution in [3.05, 3.63) is 64.3 Å². The number of nitro benzene ring substituents is 1. The van der Waals surface area contributed by atoms with Gasteiger partial charge in [0.25, 0.3) is 5.69 Å². The number of non-ortho nitro benzene ring substituents is 1. The number of hydrogen-bond acceptors (Lipinski definition) is 4. The van der Waals surface area contributed by atoms with Crippen LogP contribution >= 0.6 is 0 Å². The van der Waals surface area contributed by atoms with Crippen LogP contribution in [0, 0.1) is 17.0 Å². The SMILES string of the molecule is Cc1cccc(-c2ccc3cccc([N+](=O)[O-])c3n2)n1. The molecule has 0 aliphatic heterocycles. The largest absolute Gasteiger partial charge is 0.295 e. The highest BCUT2D eigenvalue weighted by atomic mass is 16.6. The van der Waals surface area contributed by atoms with Crippen LogP contribution in [0.2, 0.25) is 0 Å². The Morgan fingerprint density at radius 2 is 1.70 bits per heavy atom. The first-order valence-electron chi connectivity index (χ1n) is 6.13. The van der Waals surface area contributed by atoms with E-state index < -0.39 is 4.92 Å². The summed E-state index contributed by atoms with van der Waals surface area (Å²) in [7, 11) is 0. The van der Waals surface area contributed by atoms with Crippen molar-refractivity contribution in [1.82, 2.24) is 9.97 Å². The van der Waals surface area contributed by atoms with Gasteiger partial charge in [-0.15, -0.1) is 0 Å². The molecule has 3 rings (SSSR count). The van der Waals surface area contributed by atoms with Crippen LogP contribution in [-0.4, -0.2) is 14.9 Å². The number of rotatable bonds is 2. The maximum atomic E-state index is 11.1. The number of aryl methyl sites for hydroxylation is 1. The van der Waals surface area contributed by atoms with Crippen molar-refractivity contribution in [2.45, 2.75) is 6.92 Å². The number of benzene rings is 1. The minimum Gasteiger partial charge on any atom is -0.258 e. The van der Waals surface area contributed by atoms with Crippen molar-refractivity contribution < 1.29 is 4.92 Å². The fourth-order valence-electron chi connectivity index (χ4n) is 2.11. The molecule has 0 aliphatic rings. The first-order valence-corrected chi connectivity index (χ1v) is 6.13. The van der Waals surface area contributed by atoms with Crippen LogP contribution in [0.4, 0.5) is 5.69 Å². The molecule has 5 nitrogen and oxygen atoms in total. The average Bonchev–Trinajstić information content (AvgIpc) is 2.46. The van der Waals surface area contributed by atoms with Crippen molar-refractivity contribution >= 4 is 16.6 Å². The molecule has 0 spiro atoms. The van der Waals surface area contributed by atoms with Crippen LogP contribution < -0.4 is 0 Å². The number of fused-ring (bicyclic) bond motifs is 1. The molecule has 0 saturated heterocycles.